The fraction of sp³-hybridized carbons (Fsp3) is 0.833. The molecular weight excluding hydrogens is 232 g/mol. The lowest BCUT2D eigenvalue weighted by Crippen LogP contribution is -2.51. The summed E-state index contributed by atoms with van der Waals surface area (Å²) >= 11 is 0. The van der Waals surface area contributed by atoms with E-state index in [0.717, 1.165) is 30.1 Å². The van der Waals surface area contributed by atoms with Crippen molar-refractivity contribution in [1.29, 1.82) is 0 Å². The van der Waals surface area contributed by atoms with Crippen molar-refractivity contribution in [1.82, 2.24) is 0 Å². The van der Waals surface area contributed by atoms with Gasteiger partial charge in [0.15, 0.2) is 0 Å². The summed E-state index contributed by atoms with van der Waals surface area (Å²) in [6, 6.07) is 0. The first-order valence-corrected chi connectivity index (χ1v) is 8.13. The Kier molecular flexibility index (Phi) is 3.15. The molecule has 0 spiro atoms. The minimum atomic E-state index is 0.520. The molecule has 0 bridgehead atoms. The second-order valence-corrected chi connectivity index (χ2v) is 8.15. The molecule has 0 heterocycles. The predicted octanol–water partition coefficient (Wildman–Crippen LogP) is 4.76. The smallest absolute Gasteiger partial charge is 0.145 e. The van der Waals surface area contributed by atoms with Gasteiger partial charge in [0.25, 0.3) is 0 Å². The van der Waals surface area contributed by atoms with Gasteiger partial charge in [-0.1, -0.05) is 33.3 Å². The zero-order valence-corrected chi connectivity index (χ0v) is 12.7. The van der Waals surface area contributed by atoms with Crippen molar-refractivity contribution >= 4 is 6.29 Å². The van der Waals surface area contributed by atoms with E-state index in [1.54, 1.807) is 0 Å². The van der Waals surface area contributed by atoms with Gasteiger partial charge in [0.05, 0.1) is 0 Å². The van der Waals surface area contributed by atoms with Gasteiger partial charge in [-0.2, -0.15) is 0 Å². The highest BCUT2D eigenvalue weighted by Gasteiger charge is 2.54. The molecule has 0 unspecified atom stereocenters. The van der Waals surface area contributed by atoms with Crippen molar-refractivity contribution in [3.05, 3.63) is 11.6 Å². The van der Waals surface area contributed by atoms with Crippen molar-refractivity contribution in [3.8, 4) is 0 Å². The molecule has 4 atom stereocenters. The number of allylic oxidation sites excluding steroid dienone is 2. The molecule has 0 aromatic carbocycles. The number of carbonyl (C=O) groups excluding carboxylic acids is 1. The third-order valence-electron chi connectivity index (χ3n) is 6.75. The van der Waals surface area contributed by atoms with Crippen LogP contribution in [0, 0.1) is 28.6 Å². The van der Waals surface area contributed by atoms with Gasteiger partial charge in [-0.05, 0) is 72.7 Å². The molecule has 0 amide bonds. The maximum absolute atomic E-state index is 11.0. The molecule has 2 saturated carbocycles. The number of carbonyl (C=O) groups is 1. The van der Waals surface area contributed by atoms with Crippen LogP contribution in [0.4, 0.5) is 0 Å². The van der Waals surface area contributed by atoms with Crippen LogP contribution in [0.25, 0.3) is 0 Å². The lowest BCUT2D eigenvalue weighted by Gasteiger charge is -2.60. The van der Waals surface area contributed by atoms with E-state index in [1.165, 1.54) is 38.5 Å². The molecule has 0 aliphatic heterocycles. The van der Waals surface area contributed by atoms with Crippen LogP contribution >= 0.6 is 0 Å². The van der Waals surface area contributed by atoms with Gasteiger partial charge in [-0.15, -0.1) is 0 Å². The highest BCUT2D eigenvalue weighted by atomic mass is 16.1. The normalized spacial score (nSPS) is 44.8. The molecule has 106 valence electrons. The summed E-state index contributed by atoms with van der Waals surface area (Å²) in [5, 5.41) is 0. The monoisotopic (exact) mass is 260 g/mol. The third-order valence-corrected chi connectivity index (χ3v) is 6.75. The van der Waals surface area contributed by atoms with E-state index in [1.807, 2.05) is 0 Å². The Labute approximate surface area is 117 Å². The molecule has 0 N–H and O–H groups in total. The molecule has 1 nitrogen and oxygen atoms in total. The van der Waals surface area contributed by atoms with Crippen LogP contribution in [-0.2, 0) is 4.79 Å². The maximum Gasteiger partial charge on any atom is 0.145 e. The first-order valence-electron chi connectivity index (χ1n) is 8.13. The molecule has 0 aromatic rings. The Bertz CT molecular complexity index is 406. The van der Waals surface area contributed by atoms with Gasteiger partial charge in [0.1, 0.15) is 6.29 Å². The highest BCUT2D eigenvalue weighted by Crippen LogP contribution is 2.63. The molecule has 19 heavy (non-hydrogen) atoms. The Morgan fingerprint density at radius 1 is 1.16 bits per heavy atom. The van der Waals surface area contributed by atoms with Crippen LogP contribution < -0.4 is 0 Å². The third kappa shape index (κ3) is 2.00. The first-order chi connectivity index (χ1) is 8.97. The molecule has 0 saturated heterocycles. The van der Waals surface area contributed by atoms with Crippen molar-refractivity contribution in [3.63, 3.8) is 0 Å². The Morgan fingerprint density at radius 2 is 1.95 bits per heavy atom. The van der Waals surface area contributed by atoms with Gasteiger partial charge >= 0.3 is 0 Å². The molecule has 0 radical (unpaired) electrons. The van der Waals surface area contributed by atoms with E-state index in [9.17, 15) is 4.79 Å². The number of fused-ring (bicyclic) bond motifs is 3. The van der Waals surface area contributed by atoms with E-state index in [4.69, 9.17) is 0 Å². The molecule has 3 rings (SSSR count). The summed E-state index contributed by atoms with van der Waals surface area (Å²) in [6.45, 7) is 7.55. The topological polar surface area (TPSA) is 17.1 Å². The zero-order chi connectivity index (χ0) is 13.7. The average Bonchev–Trinajstić information content (AvgIpc) is 2.37. The maximum atomic E-state index is 11.0. The minimum Gasteiger partial charge on any atom is -0.298 e. The summed E-state index contributed by atoms with van der Waals surface area (Å²) in [4.78, 5) is 11.0. The molecule has 2 fully saturated rings. The van der Waals surface area contributed by atoms with E-state index >= 15 is 0 Å². The summed E-state index contributed by atoms with van der Waals surface area (Å²) in [5.41, 5.74) is 2.11. The van der Waals surface area contributed by atoms with E-state index in [-0.39, 0.29) is 0 Å². The van der Waals surface area contributed by atoms with Crippen molar-refractivity contribution in [2.75, 3.05) is 0 Å². The minimum absolute atomic E-state index is 0.520. The van der Waals surface area contributed by atoms with Crippen LogP contribution in [0.15, 0.2) is 11.6 Å². The van der Waals surface area contributed by atoms with Gasteiger partial charge < -0.3 is 0 Å². The van der Waals surface area contributed by atoms with Crippen molar-refractivity contribution < 1.29 is 4.79 Å². The quantitative estimate of drug-likeness (QED) is 0.621. The molecule has 1 heteroatoms. The van der Waals surface area contributed by atoms with Crippen LogP contribution in [0.2, 0.25) is 0 Å². The van der Waals surface area contributed by atoms with Gasteiger partial charge in [0, 0.05) is 0 Å². The van der Waals surface area contributed by atoms with Gasteiger partial charge in [-0.3, -0.25) is 4.79 Å². The summed E-state index contributed by atoms with van der Waals surface area (Å²) in [7, 11) is 0. The van der Waals surface area contributed by atoms with E-state index in [2.05, 4.69) is 26.8 Å². The zero-order valence-electron chi connectivity index (χ0n) is 12.7. The molecular formula is C18H28O. The van der Waals surface area contributed by atoms with E-state index < -0.39 is 0 Å². The predicted molar refractivity (Wildman–Crippen MR) is 78.8 cm³/mol. The number of rotatable bonds is 1. The largest absolute Gasteiger partial charge is 0.298 e. The summed E-state index contributed by atoms with van der Waals surface area (Å²) in [5.74, 6) is 2.40. The highest BCUT2D eigenvalue weighted by molar-refractivity contribution is 5.73. The molecule has 3 aliphatic rings. The fourth-order valence-corrected chi connectivity index (χ4v) is 5.90. The summed E-state index contributed by atoms with van der Waals surface area (Å²) < 4.78 is 0. The molecule has 0 aromatic heterocycles. The number of hydrogen-bond acceptors (Lipinski definition) is 1. The van der Waals surface area contributed by atoms with Gasteiger partial charge in [0.2, 0.25) is 0 Å². The lowest BCUT2D eigenvalue weighted by molar-refractivity contribution is -0.107. The van der Waals surface area contributed by atoms with Crippen LogP contribution in [0.5, 0.6) is 0 Å². The van der Waals surface area contributed by atoms with E-state index in [0.29, 0.717) is 16.7 Å². The second kappa shape index (κ2) is 4.46. The average molecular weight is 260 g/mol. The number of hydrogen-bond donors (Lipinski definition) is 0. The number of aldehydes is 1. The first kappa shape index (κ1) is 13.4. The van der Waals surface area contributed by atoms with Crippen LogP contribution in [-0.4, -0.2) is 6.29 Å². The fourth-order valence-electron chi connectivity index (χ4n) is 5.90. The van der Waals surface area contributed by atoms with Crippen LogP contribution in [0.3, 0.4) is 0 Å². The second-order valence-electron chi connectivity index (χ2n) is 8.15. The standard InChI is InChI=1S/C18H28O/c1-17(2)9-4-10-18(3)15-7-5-13(12-19)11-14(15)6-8-16(17)18/h11-12,14-16H,4-10H2,1-3H3/t14-,15-,16-,18+/m1/s1. The SMILES string of the molecule is CC1(C)CCC[C@@]2(C)[C@@H]3CCC(C=O)=C[C@H]3CC[C@H]12. The molecule has 3 aliphatic carbocycles. The summed E-state index contributed by atoms with van der Waals surface area (Å²) in [6.07, 6.45) is 12.6. The Morgan fingerprint density at radius 3 is 2.68 bits per heavy atom. The van der Waals surface area contributed by atoms with Crippen molar-refractivity contribution in [2.45, 2.75) is 65.7 Å². The van der Waals surface area contributed by atoms with Gasteiger partial charge in [-0.25, -0.2) is 0 Å². The van der Waals surface area contributed by atoms with Crippen molar-refractivity contribution in [2.24, 2.45) is 28.6 Å². The lowest BCUT2D eigenvalue weighted by atomic mass is 9.45. The van der Waals surface area contributed by atoms with Crippen LogP contribution in [0.1, 0.15) is 65.7 Å². The Balaban J connectivity index is 1.92. The Hall–Kier alpha value is -0.590.